The maximum atomic E-state index is 13.2. The molecule has 3 nitrogen and oxygen atoms in total. The van der Waals surface area contributed by atoms with Gasteiger partial charge in [0.2, 0.25) is 0 Å². The predicted octanol–water partition coefficient (Wildman–Crippen LogP) is 4.65. The van der Waals surface area contributed by atoms with E-state index in [2.05, 4.69) is 14.7 Å². The molecule has 0 atom stereocenters. The average molecular weight is 339 g/mol. The van der Waals surface area contributed by atoms with Crippen LogP contribution in [0.1, 0.15) is 12.6 Å². The lowest BCUT2D eigenvalue weighted by atomic mass is 10.1. The Balaban J connectivity index is 2.50. The van der Waals surface area contributed by atoms with E-state index in [-0.39, 0.29) is 11.3 Å². The van der Waals surface area contributed by atoms with Crippen LogP contribution in [0.5, 0.6) is 5.75 Å². The molecule has 0 saturated heterocycles. The Morgan fingerprint density at radius 1 is 1.27 bits per heavy atom. The molecule has 0 spiro atoms. The molecule has 1 aromatic heterocycles. The summed E-state index contributed by atoms with van der Waals surface area (Å²) in [5, 5.41) is -0.586. The zero-order chi connectivity index (χ0) is 16.5. The fraction of sp³-hybridized carbons (Fsp3) is 0.231. The summed E-state index contributed by atoms with van der Waals surface area (Å²) in [5.74, 6) is -4.63. The highest BCUT2D eigenvalue weighted by Crippen LogP contribution is 2.34. The quantitative estimate of drug-likeness (QED) is 0.761. The molecule has 0 aliphatic rings. The minimum absolute atomic E-state index is 0.0536. The van der Waals surface area contributed by atoms with Crippen molar-refractivity contribution in [3.05, 3.63) is 41.1 Å². The molecule has 22 heavy (non-hydrogen) atoms. The number of hydrogen-bond acceptors (Lipinski definition) is 3. The zero-order valence-corrected chi connectivity index (χ0v) is 11.7. The van der Waals surface area contributed by atoms with Gasteiger partial charge in [0.1, 0.15) is 17.3 Å². The first kappa shape index (κ1) is 16.4. The molecule has 0 bridgehead atoms. The van der Waals surface area contributed by atoms with Crippen molar-refractivity contribution in [3.63, 3.8) is 0 Å². The number of aromatic nitrogens is 2. The van der Waals surface area contributed by atoms with Crippen LogP contribution in [0.2, 0.25) is 5.15 Å². The molecule has 0 saturated carbocycles. The van der Waals surface area contributed by atoms with Crippen molar-refractivity contribution in [2.75, 3.05) is 0 Å². The minimum atomic E-state index is -3.31. The van der Waals surface area contributed by atoms with Crippen LogP contribution in [0.4, 0.5) is 22.0 Å². The molecule has 0 aliphatic heterocycles. The summed E-state index contributed by atoms with van der Waals surface area (Å²) in [6, 6.07) is 2.81. The molecule has 9 heteroatoms. The molecule has 0 unspecified atom stereocenters. The summed E-state index contributed by atoms with van der Waals surface area (Å²) >= 11 is 5.64. The van der Waals surface area contributed by atoms with Crippen LogP contribution in [-0.4, -0.2) is 16.6 Å². The Morgan fingerprint density at radius 2 is 1.95 bits per heavy atom. The molecule has 2 rings (SSSR count). The highest BCUT2D eigenvalue weighted by Gasteiger charge is 2.30. The van der Waals surface area contributed by atoms with Crippen LogP contribution in [0.25, 0.3) is 11.3 Å². The Labute approximate surface area is 126 Å². The molecule has 1 aromatic carbocycles. The van der Waals surface area contributed by atoms with Crippen LogP contribution in [0, 0.1) is 5.82 Å². The van der Waals surface area contributed by atoms with Gasteiger partial charge in [0.15, 0.2) is 5.15 Å². The molecule has 0 N–H and O–H groups in total. The first-order valence-corrected chi connectivity index (χ1v) is 6.22. The van der Waals surface area contributed by atoms with E-state index < -0.39 is 34.9 Å². The monoisotopic (exact) mass is 338 g/mol. The van der Waals surface area contributed by atoms with Gasteiger partial charge in [-0.1, -0.05) is 11.6 Å². The fourth-order valence-corrected chi connectivity index (χ4v) is 2.00. The van der Waals surface area contributed by atoms with E-state index in [9.17, 15) is 22.0 Å². The molecule has 2 aromatic rings. The molecular formula is C13H8ClF5N2O. The van der Waals surface area contributed by atoms with Gasteiger partial charge in [-0.15, -0.1) is 0 Å². The summed E-state index contributed by atoms with van der Waals surface area (Å²) in [5.41, 5.74) is -0.910. The molecule has 1 heterocycles. The van der Waals surface area contributed by atoms with Crippen LogP contribution < -0.4 is 4.74 Å². The van der Waals surface area contributed by atoms with Crippen molar-refractivity contribution in [1.82, 2.24) is 9.97 Å². The number of ether oxygens (including phenoxy) is 1. The van der Waals surface area contributed by atoms with Gasteiger partial charge in [-0.3, -0.25) is 0 Å². The molecule has 118 valence electrons. The van der Waals surface area contributed by atoms with E-state index in [4.69, 9.17) is 11.6 Å². The van der Waals surface area contributed by atoms with Crippen LogP contribution in [0.3, 0.4) is 0 Å². The zero-order valence-electron chi connectivity index (χ0n) is 11.0. The lowest BCUT2D eigenvalue weighted by molar-refractivity contribution is -0.0496. The molecule has 0 aliphatic carbocycles. The van der Waals surface area contributed by atoms with E-state index in [1.54, 1.807) is 0 Å². The predicted molar refractivity (Wildman–Crippen MR) is 68.6 cm³/mol. The molecule has 0 fully saturated rings. The molecular weight excluding hydrogens is 331 g/mol. The first-order chi connectivity index (χ1) is 10.2. The van der Waals surface area contributed by atoms with Gasteiger partial charge in [0, 0.05) is 18.6 Å². The first-order valence-electron chi connectivity index (χ1n) is 5.84. The second-order valence-corrected chi connectivity index (χ2v) is 4.66. The third-order valence-electron chi connectivity index (χ3n) is 2.58. The number of benzene rings is 1. The van der Waals surface area contributed by atoms with Gasteiger partial charge in [0.05, 0.1) is 11.9 Å². The van der Waals surface area contributed by atoms with Gasteiger partial charge in [-0.05, 0) is 12.1 Å². The van der Waals surface area contributed by atoms with Crippen molar-refractivity contribution >= 4 is 11.6 Å². The van der Waals surface area contributed by atoms with Gasteiger partial charge in [-0.2, -0.15) is 17.6 Å². The number of alkyl halides is 4. The second-order valence-electron chi connectivity index (χ2n) is 4.30. The van der Waals surface area contributed by atoms with E-state index in [1.807, 2.05) is 0 Å². The van der Waals surface area contributed by atoms with Gasteiger partial charge in [-0.25, -0.2) is 14.4 Å². The topological polar surface area (TPSA) is 35.0 Å². The standard InChI is InChI=1S/C13H8ClF5N2O/c1-13(18,19)10-11(14)21-8(5-20-10)7-3-2-6(15)4-9(7)22-12(16)17/h2-5,12H,1H3. The lowest BCUT2D eigenvalue weighted by Gasteiger charge is -2.13. The maximum absolute atomic E-state index is 13.2. The summed E-state index contributed by atoms with van der Waals surface area (Å²) in [4.78, 5) is 7.17. The van der Waals surface area contributed by atoms with Crippen molar-refractivity contribution in [3.8, 4) is 17.0 Å². The highest BCUT2D eigenvalue weighted by molar-refractivity contribution is 6.30. The smallest absolute Gasteiger partial charge is 0.387 e. The third kappa shape index (κ3) is 3.62. The van der Waals surface area contributed by atoms with Crippen LogP contribution in [-0.2, 0) is 5.92 Å². The van der Waals surface area contributed by atoms with E-state index in [1.165, 1.54) is 0 Å². The van der Waals surface area contributed by atoms with Crippen molar-refractivity contribution in [2.24, 2.45) is 0 Å². The van der Waals surface area contributed by atoms with Gasteiger partial charge >= 0.3 is 6.61 Å². The van der Waals surface area contributed by atoms with E-state index >= 15 is 0 Å². The normalized spacial score (nSPS) is 11.8. The SMILES string of the molecule is CC(F)(F)c1ncc(-c2ccc(F)cc2OC(F)F)nc1Cl. The number of hydrogen-bond donors (Lipinski definition) is 0. The molecule has 0 radical (unpaired) electrons. The maximum Gasteiger partial charge on any atom is 0.387 e. The third-order valence-corrected chi connectivity index (χ3v) is 2.84. The summed E-state index contributed by atoms with van der Waals surface area (Å²) in [7, 11) is 0. The summed E-state index contributed by atoms with van der Waals surface area (Å²) in [6.07, 6.45) is 0.921. The van der Waals surface area contributed by atoms with E-state index in [0.717, 1.165) is 24.4 Å². The fourth-order valence-electron chi connectivity index (χ4n) is 1.69. The summed E-state index contributed by atoms with van der Waals surface area (Å²) in [6.45, 7) is -2.60. The Hall–Kier alpha value is -1.96. The number of nitrogens with zero attached hydrogens (tertiary/aromatic N) is 2. The lowest BCUT2D eigenvalue weighted by Crippen LogP contribution is -2.12. The van der Waals surface area contributed by atoms with Gasteiger partial charge < -0.3 is 4.74 Å². The number of halogens is 6. The van der Waals surface area contributed by atoms with Crippen LogP contribution >= 0.6 is 11.6 Å². The van der Waals surface area contributed by atoms with Crippen molar-refractivity contribution in [1.29, 1.82) is 0 Å². The van der Waals surface area contributed by atoms with Crippen LogP contribution in [0.15, 0.2) is 24.4 Å². The Kier molecular flexibility index (Phi) is 4.50. The Morgan fingerprint density at radius 3 is 2.50 bits per heavy atom. The highest BCUT2D eigenvalue weighted by atomic mass is 35.5. The largest absolute Gasteiger partial charge is 0.434 e. The minimum Gasteiger partial charge on any atom is -0.434 e. The second kappa shape index (κ2) is 6.04. The van der Waals surface area contributed by atoms with Gasteiger partial charge in [0.25, 0.3) is 5.92 Å². The van der Waals surface area contributed by atoms with E-state index in [0.29, 0.717) is 6.92 Å². The Bertz CT molecular complexity index is 691. The molecule has 0 amide bonds. The summed E-state index contributed by atoms with van der Waals surface area (Å²) < 4.78 is 68.4. The van der Waals surface area contributed by atoms with Crippen molar-refractivity contribution in [2.45, 2.75) is 19.5 Å². The van der Waals surface area contributed by atoms with Crippen molar-refractivity contribution < 1.29 is 26.7 Å². The average Bonchev–Trinajstić information content (AvgIpc) is 2.36. The number of rotatable bonds is 4.